The summed E-state index contributed by atoms with van der Waals surface area (Å²) in [5.41, 5.74) is 3.58. The highest BCUT2D eigenvalue weighted by Crippen LogP contribution is 2.24. The maximum atomic E-state index is 10.8. The maximum absolute atomic E-state index is 10.8. The number of rotatable bonds is 7. The van der Waals surface area contributed by atoms with E-state index in [1.54, 1.807) is 29.2 Å². The van der Waals surface area contributed by atoms with Crippen LogP contribution in [0.25, 0.3) is 11.3 Å². The lowest BCUT2D eigenvalue weighted by molar-refractivity contribution is -0.384. The number of hydrogen-bond donors (Lipinski definition) is 1. The van der Waals surface area contributed by atoms with Crippen molar-refractivity contribution in [3.63, 3.8) is 0 Å². The molecule has 0 aliphatic carbocycles. The van der Waals surface area contributed by atoms with Crippen molar-refractivity contribution in [3.05, 3.63) is 52.3 Å². The minimum absolute atomic E-state index is 0.0252. The van der Waals surface area contributed by atoms with Gasteiger partial charge in [0.2, 0.25) is 17.8 Å². The molecule has 0 saturated carbocycles. The number of nitrogens with zero attached hydrogens (tertiary/aromatic N) is 7. The number of nitro groups is 1. The van der Waals surface area contributed by atoms with E-state index in [-0.39, 0.29) is 5.69 Å². The quantitative estimate of drug-likeness (QED) is 0.333. The molecule has 2 aromatic heterocycles. The summed E-state index contributed by atoms with van der Waals surface area (Å²) < 4.78 is 11.1. The zero-order valence-electron chi connectivity index (χ0n) is 17.6. The van der Waals surface area contributed by atoms with Crippen LogP contribution in [0, 0.1) is 10.1 Å². The summed E-state index contributed by atoms with van der Waals surface area (Å²) in [7, 11) is 3.71. The summed E-state index contributed by atoms with van der Waals surface area (Å²) in [6, 6.07) is 9.66. The molecular weight excluding hydrogens is 416 g/mol. The Balaban J connectivity index is 1.46. The number of ether oxygens (including phenoxy) is 1. The fraction of sp³-hybridized carbons (Fsp3) is 0.300. The van der Waals surface area contributed by atoms with Crippen LogP contribution in [0.3, 0.4) is 0 Å². The molecule has 12 nitrogen and oxygen atoms in total. The number of anilines is 3. The predicted octanol–water partition coefficient (Wildman–Crippen LogP) is 2.39. The third kappa shape index (κ3) is 4.98. The van der Waals surface area contributed by atoms with Crippen molar-refractivity contribution in [2.24, 2.45) is 5.10 Å². The second-order valence-electron chi connectivity index (χ2n) is 7.13. The fourth-order valence-electron chi connectivity index (χ4n) is 2.99. The molecule has 0 atom stereocenters. The Morgan fingerprint density at radius 3 is 2.56 bits per heavy atom. The number of hydrogen-bond acceptors (Lipinski definition) is 11. The molecule has 1 aliphatic rings. The number of morpholine rings is 1. The molecule has 3 heterocycles. The average Bonchev–Trinajstić information content (AvgIpc) is 3.28. The first-order valence-electron chi connectivity index (χ1n) is 9.89. The highest BCUT2D eigenvalue weighted by atomic mass is 16.6. The lowest BCUT2D eigenvalue weighted by atomic mass is 10.1. The number of furan rings is 1. The Kier molecular flexibility index (Phi) is 6.22. The SMILES string of the molecule is CN(C)c1nc(N/N=C\c2ccc(-c3ccc([N+](=O)[O-])cc3)o2)nc(N2CCOCC2)n1. The van der Waals surface area contributed by atoms with E-state index in [0.717, 1.165) is 5.56 Å². The Labute approximate surface area is 183 Å². The topological polar surface area (TPSA) is 135 Å². The van der Waals surface area contributed by atoms with Crippen LogP contribution in [0.4, 0.5) is 23.5 Å². The summed E-state index contributed by atoms with van der Waals surface area (Å²) >= 11 is 0. The predicted molar refractivity (Wildman–Crippen MR) is 119 cm³/mol. The number of benzene rings is 1. The normalized spacial score (nSPS) is 14.0. The third-order valence-electron chi connectivity index (χ3n) is 4.65. The largest absolute Gasteiger partial charge is 0.455 e. The average molecular weight is 438 g/mol. The van der Waals surface area contributed by atoms with Gasteiger partial charge in [0.25, 0.3) is 5.69 Å². The van der Waals surface area contributed by atoms with Crippen LogP contribution in [0.1, 0.15) is 5.76 Å². The molecule has 0 radical (unpaired) electrons. The van der Waals surface area contributed by atoms with Crippen LogP contribution in [-0.4, -0.2) is 66.5 Å². The van der Waals surface area contributed by atoms with E-state index in [9.17, 15) is 10.1 Å². The van der Waals surface area contributed by atoms with Crippen LogP contribution in [0.2, 0.25) is 0 Å². The zero-order chi connectivity index (χ0) is 22.5. The van der Waals surface area contributed by atoms with Crippen LogP contribution in [-0.2, 0) is 4.74 Å². The summed E-state index contributed by atoms with van der Waals surface area (Å²) in [4.78, 5) is 27.5. The van der Waals surface area contributed by atoms with Gasteiger partial charge in [-0.1, -0.05) is 0 Å². The first kappa shape index (κ1) is 21.2. The van der Waals surface area contributed by atoms with E-state index >= 15 is 0 Å². The van der Waals surface area contributed by atoms with Crippen molar-refractivity contribution < 1.29 is 14.1 Å². The van der Waals surface area contributed by atoms with E-state index in [1.165, 1.54) is 18.3 Å². The van der Waals surface area contributed by atoms with E-state index < -0.39 is 4.92 Å². The van der Waals surface area contributed by atoms with Gasteiger partial charge in [-0.25, -0.2) is 5.43 Å². The molecule has 12 heteroatoms. The number of nitro benzene ring substituents is 1. The van der Waals surface area contributed by atoms with E-state index in [4.69, 9.17) is 9.15 Å². The summed E-state index contributed by atoms with van der Waals surface area (Å²) in [6.45, 7) is 2.66. The van der Waals surface area contributed by atoms with Gasteiger partial charge >= 0.3 is 0 Å². The summed E-state index contributed by atoms with van der Waals surface area (Å²) in [5, 5.41) is 15.0. The van der Waals surface area contributed by atoms with Gasteiger partial charge in [0.05, 0.1) is 24.4 Å². The van der Waals surface area contributed by atoms with Crippen LogP contribution in [0.15, 0.2) is 45.9 Å². The zero-order valence-corrected chi connectivity index (χ0v) is 17.6. The Morgan fingerprint density at radius 1 is 1.12 bits per heavy atom. The maximum Gasteiger partial charge on any atom is 0.269 e. The van der Waals surface area contributed by atoms with Gasteiger partial charge in [0.15, 0.2) is 0 Å². The van der Waals surface area contributed by atoms with Crippen LogP contribution >= 0.6 is 0 Å². The smallest absolute Gasteiger partial charge is 0.269 e. The van der Waals surface area contributed by atoms with Gasteiger partial charge in [0.1, 0.15) is 11.5 Å². The Hall–Kier alpha value is -4.06. The molecule has 32 heavy (non-hydrogen) atoms. The van der Waals surface area contributed by atoms with E-state index in [2.05, 4.69) is 25.5 Å². The second kappa shape index (κ2) is 9.39. The monoisotopic (exact) mass is 438 g/mol. The molecule has 1 N–H and O–H groups in total. The van der Waals surface area contributed by atoms with Gasteiger partial charge in [-0.3, -0.25) is 10.1 Å². The lowest BCUT2D eigenvalue weighted by Crippen LogP contribution is -2.37. The first-order chi connectivity index (χ1) is 15.5. The van der Waals surface area contributed by atoms with Crippen molar-refractivity contribution in [1.82, 2.24) is 15.0 Å². The first-order valence-corrected chi connectivity index (χ1v) is 9.89. The van der Waals surface area contributed by atoms with E-state index in [0.29, 0.717) is 55.7 Å². The molecule has 4 rings (SSSR count). The molecule has 0 bridgehead atoms. The molecule has 1 aromatic carbocycles. The summed E-state index contributed by atoms with van der Waals surface area (Å²) in [5.74, 6) is 2.46. The summed E-state index contributed by atoms with van der Waals surface area (Å²) in [6.07, 6.45) is 1.50. The molecule has 1 aliphatic heterocycles. The number of aromatic nitrogens is 3. The molecule has 0 amide bonds. The highest BCUT2D eigenvalue weighted by Gasteiger charge is 2.17. The van der Waals surface area contributed by atoms with Gasteiger partial charge < -0.3 is 19.0 Å². The van der Waals surface area contributed by atoms with Crippen LogP contribution in [0.5, 0.6) is 0 Å². The van der Waals surface area contributed by atoms with Gasteiger partial charge in [-0.15, -0.1) is 0 Å². The standard InChI is InChI=1S/C20H22N8O4/c1-26(2)19-22-18(23-20(24-19)27-9-11-31-12-10-27)25-21-13-16-7-8-17(32-16)14-3-5-15(6-4-14)28(29)30/h3-8,13H,9-12H2,1-2H3,(H,22,23,24,25)/b21-13-. The van der Waals surface area contributed by atoms with E-state index in [1.807, 2.05) is 19.0 Å². The van der Waals surface area contributed by atoms with Crippen molar-refractivity contribution in [2.75, 3.05) is 55.6 Å². The Morgan fingerprint density at radius 2 is 1.88 bits per heavy atom. The minimum atomic E-state index is -0.441. The Bertz CT molecular complexity index is 1110. The molecular formula is C20H22N8O4. The fourth-order valence-corrected chi connectivity index (χ4v) is 2.99. The van der Waals surface area contributed by atoms with Gasteiger partial charge in [-0.05, 0) is 24.3 Å². The molecule has 1 fully saturated rings. The minimum Gasteiger partial charge on any atom is -0.455 e. The van der Waals surface area contributed by atoms with Crippen molar-refractivity contribution >= 4 is 29.7 Å². The number of non-ortho nitro benzene ring substituents is 1. The van der Waals surface area contributed by atoms with Crippen molar-refractivity contribution in [3.8, 4) is 11.3 Å². The van der Waals surface area contributed by atoms with Crippen LogP contribution < -0.4 is 15.2 Å². The number of hydrazone groups is 1. The molecule has 3 aromatic rings. The molecule has 0 unspecified atom stereocenters. The molecule has 0 spiro atoms. The lowest BCUT2D eigenvalue weighted by Gasteiger charge is -2.27. The van der Waals surface area contributed by atoms with Gasteiger partial charge in [-0.2, -0.15) is 20.1 Å². The van der Waals surface area contributed by atoms with Crippen molar-refractivity contribution in [1.29, 1.82) is 0 Å². The third-order valence-corrected chi connectivity index (χ3v) is 4.65. The molecule has 166 valence electrons. The van der Waals surface area contributed by atoms with Gasteiger partial charge in [0, 0.05) is 44.9 Å². The highest BCUT2D eigenvalue weighted by molar-refractivity contribution is 5.78. The van der Waals surface area contributed by atoms with Crippen molar-refractivity contribution in [2.45, 2.75) is 0 Å². The number of nitrogens with one attached hydrogen (secondary N) is 1. The molecule has 1 saturated heterocycles. The second-order valence-corrected chi connectivity index (χ2v) is 7.13.